The number of amides is 1. The molecule has 1 aliphatic heterocycles. The van der Waals surface area contributed by atoms with Crippen molar-refractivity contribution >= 4 is 39.2 Å². The number of benzene rings is 1. The van der Waals surface area contributed by atoms with Gasteiger partial charge >= 0.3 is 0 Å². The van der Waals surface area contributed by atoms with Gasteiger partial charge in [-0.15, -0.1) is 12.4 Å². The van der Waals surface area contributed by atoms with Crippen molar-refractivity contribution in [1.29, 1.82) is 0 Å². The lowest BCUT2D eigenvalue weighted by atomic mass is 9.72. The standard InChI is InChI=1S/C25H30N4O3S.ClH/c1-18(28-24(30)21-15-25(17-27-21)11-6-3-7-12-25)23-14-19-16-26-13-10-22(19)29(23)33(31,32)20-8-4-2-5-9-20;/h2,4-5,8-10,13-14,16,18,21,27H,3,6-7,11-12,15,17H2,1H3,(H,28,30);1H/t18-,21+;/m1./s1. The molecule has 1 saturated heterocycles. The van der Waals surface area contributed by atoms with Crippen LogP contribution in [-0.2, 0) is 14.8 Å². The maximum atomic E-state index is 13.6. The van der Waals surface area contributed by atoms with Crippen LogP contribution in [0.15, 0.2) is 59.8 Å². The van der Waals surface area contributed by atoms with Gasteiger partial charge in [0.05, 0.1) is 28.2 Å². The van der Waals surface area contributed by atoms with E-state index < -0.39 is 16.1 Å². The summed E-state index contributed by atoms with van der Waals surface area (Å²) in [6.07, 6.45) is 10.2. The molecule has 182 valence electrons. The van der Waals surface area contributed by atoms with Crippen molar-refractivity contribution in [3.8, 4) is 0 Å². The summed E-state index contributed by atoms with van der Waals surface area (Å²) in [5.41, 5.74) is 1.30. The van der Waals surface area contributed by atoms with E-state index in [0.717, 1.165) is 13.0 Å². The number of aromatic nitrogens is 2. The minimum Gasteiger partial charge on any atom is -0.347 e. The summed E-state index contributed by atoms with van der Waals surface area (Å²) in [5, 5.41) is 7.22. The normalized spacial score (nSPS) is 20.7. The molecule has 0 unspecified atom stereocenters. The number of fused-ring (bicyclic) bond motifs is 1. The molecule has 1 aliphatic carbocycles. The molecule has 2 aromatic heterocycles. The number of hydrogen-bond donors (Lipinski definition) is 2. The molecule has 34 heavy (non-hydrogen) atoms. The number of carbonyl (C=O) groups excluding carboxylic acids is 1. The van der Waals surface area contributed by atoms with Crippen LogP contribution in [0.1, 0.15) is 57.2 Å². The minimum absolute atomic E-state index is 0. The molecule has 1 aromatic carbocycles. The predicted octanol–water partition coefficient (Wildman–Crippen LogP) is 4.18. The van der Waals surface area contributed by atoms with E-state index in [4.69, 9.17) is 0 Å². The van der Waals surface area contributed by atoms with E-state index in [9.17, 15) is 13.2 Å². The zero-order chi connectivity index (χ0) is 23.1. The third-order valence-electron chi connectivity index (χ3n) is 7.26. The molecule has 3 aromatic rings. The molecule has 2 N–H and O–H groups in total. The van der Waals surface area contributed by atoms with E-state index >= 15 is 0 Å². The molecular formula is C25H31ClN4O3S. The number of rotatable bonds is 5. The molecule has 9 heteroatoms. The monoisotopic (exact) mass is 502 g/mol. The molecule has 7 nitrogen and oxygen atoms in total. The lowest BCUT2D eigenvalue weighted by Gasteiger charge is -2.32. The fraction of sp³-hybridized carbons (Fsp3) is 0.440. The number of hydrogen-bond acceptors (Lipinski definition) is 5. The quantitative estimate of drug-likeness (QED) is 0.545. The Kier molecular flexibility index (Phi) is 7.03. The van der Waals surface area contributed by atoms with E-state index in [1.165, 1.54) is 36.1 Å². The first-order valence-corrected chi connectivity index (χ1v) is 13.1. The number of halogens is 1. The highest BCUT2D eigenvalue weighted by molar-refractivity contribution is 7.90. The Bertz CT molecular complexity index is 1270. The summed E-state index contributed by atoms with van der Waals surface area (Å²) in [6.45, 7) is 2.72. The van der Waals surface area contributed by atoms with Crippen LogP contribution in [0.25, 0.3) is 10.9 Å². The van der Waals surface area contributed by atoms with E-state index in [1.54, 1.807) is 54.9 Å². The Morgan fingerprint density at radius 3 is 2.65 bits per heavy atom. The zero-order valence-electron chi connectivity index (χ0n) is 19.2. The molecule has 3 heterocycles. The van der Waals surface area contributed by atoms with Gasteiger partial charge in [0, 0.05) is 24.3 Å². The van der Waals surface area contributed by atoms with E-state index in [-0.39, 0.29) is 34.7 Å². The lowest BCUT2D eigenvalue weighted by molar-refractivity contribution is -0.123. The number of carbonyl (C=O) groups is 1. The van der Waals surface area contributed by atoms with Gasteiger partial charge in [-0.2, -0.15) is 0 Å². The summed E-state index contributed by atoms with van der Waals surface area (Å²) in [4.78, 5) is 17.5. The molecule has 2 fully saturated rings. The molecule has 5 rings (SSSR count). The molecule has 1 amide bonds. The molecular weight excluding hydrogens is 472 g/mol. The van der Waals surface area contributed by atoms with Gasteiger partial charge in [-0.3, -0.25) is 9.78 Å². The second-order valence-corrected chi connectivity index (χ2v) is 11.3. The molecule has 1 saturated carbocycles. The molecule has 0 bridgehead atoms. The van der Waals surface area contributed by atoms with Crippen LogP contribution >= 0.6 is 12.4 Å². The lowest BCUT2D eigenvalue weighted by Crippen LogP contribution is -2.42. The van der Waals surface area contributed by atoms with Crippen molar-refractivity contribution in [2.24, 2.45) is 5.41 Å². The first-order valence-electron chi connectivity index (χ1n) is 11.7. The average Bonchev–Trinajstić information content (AvgIpc) is 3.42. The summed E-state index contributed by atoms with van der Waals surface area (Å²) < 4.78 is 28.5. The van der Waals surface area contributed by atoms with Crippen molar-refractivity contribution in [2.45, 2.75) is 62.4 Å². The van der Waals surface area contributed by atoms with Gasteiger partial charge in [-0.1, -0.05) is 37.5 Å². The van der Waals surface area contributed by atoms with Gasteiger partial charge in [0.2, 0.25) is 5.91 Å². The first-order chi connectivity index (χ1) is 15.9. The second kappa shape index (κ2) is 9.68. The summed E-state index contributed by atoms with van der Waals surface area (Å²) in [7, 11) is -3.85. The van der Waals surface area contributed by atoms with Crippen molar-refractivity contribution in [3.05, 3.63) is 60.6 Å². The third kappa shape index (κ3) is 4.46. The van der Waals surface area contributed by atoms with Crippen LogP contribution in [0.3, 0.4) is 0 Å². The van der Waals surface area contributed by atoms with E-state index in [2.05, 4.69) is 15.6 Å². The fourth-order valence-corrected chi connectivity index (χ4v) is 7.12. The highest BCUT2D eigenvalue weighted by Crippen LogP contribution is 2.43. The number of nitrogens with zero attached hydrogens (tertiary/aromatic N) is 2. The molecule has 0 radical (unpaired) electrons. The van der Waals surface area contributed by atoms with Crippen LogP contribution in [-0.4, -0.2) is 35.9 Å². The zero-order valence-corrected chi connectivity index (χ0v) is 20.9. The van der Waals surface area contributed by atoms with E-state index in [0.29, 0.717) is 16.6 Å². The van der Waals surface area contributed by atoms with Crippen LogP contribution < -0.4 is 10.6 Å². The maximum Gasteiger partial charge on any atom is 0.268 e. The van der Waals surface area contributed by atoms with Crippen LogP contribution in [0, 0.1) is 5.41 Å². The van der Waals surface area contributed by atoms with Crippen LogP contribution in [0.2, 0.25) is 0 Å². The van der Waals surface area contributed by atoms with Gasteiger partial charge in [-0.25, -0.2) is 12.4 Å². The van der Waals surface area contributed by atoms with E-state index in [1.807, 2.05) is 6.92 Å². The second-order valence-electron chi connectivity index (χ2n) is 9.51. The maximum absolute atomic E-state index is 13.6. The van der Waals surface area contributed by atoms with Crippen LogP contribution in [0.4, 0.5) is 0 Å². The van der Waals surface area contributed by atoms with Gasteiger partial charge in [0.15, 0.2) is 0 Å². The average molecular weight is 503 g/mol. The highest BCUT2D eigenvalue weighted by Gasteiger charge is 2.42. The Morgan fingerprint density at radius 1 is 1.18 bits per heavy atom. The third-order valence-corrected chi connectivity index (χ3v) is 9.02. The SMILES string of the molecule is C[C@@H](NC(=O)[C@@H]1CC2(CCCCC2)CN1)c1cc2cnccc2n1S(=O)(=O)c1ccccc1.Cl. The summed E-state index contributed by atoms with van der Waals surface area (Å²) in [6, 6.07) is 11.1. The Labute approximate surface area is 206 Å². The number of pyridine rings is 1. The van der Waals surface area contributed by atoms with Gasteiger partial charge < -0.3 is 10.6 Å². The fourth-order valence-electron chi connectivity index (χ4n) is 5.49. The van der Waals surface area contributed by atoms with Crippen molar-refractivity contribution in [1.82, 2.24) is 19.6 Å². The van der Waals surface area contributed by atoms with Crippen molar-refractivity contribution in [2.75, 3.05) is 6.54 Å². The molecule has 1 spiro atoms. The minimum atomic E-state index is -3.85. The summed E-state index contributed by atoms with van der Waals surface area (Å²) >= 11 is 0. The first kappa shape index (κ1) is 24.7. The van der Waals surface area contributed by atoms with Gasteiger partial charge in [-0.05, 0) is 55.9 Å². The predicted molar refractivity (Wildman–Crippen MR) is 134 cm³/mol. The Balaban J connectivity index is 0.00000274. The van der Waals surface area contributed by atoms with Crippen molar-refractivity contribution in [3.63, 3.8) is 0 Å². The van der Waals surface area contributed by atoms with Crippen LogP contribution in [0.5, 0.6) is 0 Å². The Morgan fingerprint density at radius 2 is 1.91 bits per heavy atom. The molecule has 2 aliphatic rings. The Hall–Kier alpha value is -2.42. The largest absolute Gasteiger partial charge is 0.347 e. The van der Waals surface area contributed by atoms with Gasteiger partial charge in [0.25, 0.3) is 10.0 Å². The molecule has 2 atom stereocenters. The van der Waals surface area contributed by atoms with Crippen molar-refractivity contribution < 1.29 is 13.2 Å². The highest BCUT2D eigenvalue weighted by atomic mass is 35.5. The summed E-state index contributed by atoms with van der Waals surface area (Å²) in [5.74, 6) is -0.0722. The topological polar surface area (TPSA) is 93.1 Å². The van der Waals surface area contributed by atoms with Gasteiger partial charge in [0.1, 0.15) is 0 Å². The number of nitrogens with one attached hydrogen (secondary N) is 2. The smallest absolute Gasteiger partial charge is 0.268 e.